The molecule has 2 rings (SSSR count). The van der Waals surface area contributed by atoms with E-state index in [-0.39, 0.29) is 18.4 Å². The summed E-state index contributed by atoms with van der Waals surface area (Å²) in [6, 6.07) is 6.68. The van der Waals surface area contributed by atoms with Gasteiger partial charge < -0.3 is 10.6 Å². The first-order valence-electron chi connectivity index (χ1n) is 5.88. The summed E-state index contributed by atoms with van der Waals surface area (Å²) < 4.78 is 1.43. The number of carbonyl (C=O) groups is 2. The summed E-state index contributed by atoms with van der Waals surface area (Å²) in [6.45, 7) is 0.0525. The average Bonchev–Trinajstić information content (AvgIpc) is 2.83. The van der Waals surface area contributed by atoms with Gasteiger partial charge in [-0.1, -0.05) is 17.7 Å². The van der Waals surface area contributed by atoms with E-state index in [4.69, 9.17) is 11.6 Å². The molecule has 0 aliphatic heterocycles. The number of amides is 2. The quantitative estimate of drug-likeness (QED) is 0.897. The number of carbonyl (C=O) groups excluding carboxylic acids is 2. The van der Waals surface area contributed by atoms with Gasteiger partial charge in [-0.2, -0.15) is 5.10 Å². The minimum Gasteiger partial charge on any atom is -0.355 e. The highest BCUT2D eigenvalue weighted by Gasteiger charge is 2.07. The molecule has 0 fully saturated rings. The van der Waals surface area contributed by atoms with E-state index in [2.05, 4.69) is 15.7 Å². The van der Waals surface area contributed by atoms with Gasteiger partial charge in [0.2, 0.25) is 5.91 Å². The molecule has 6 nitrogen and oxygen atoms in total. The van der Waals surface area contributed by atoms with Gasteiger partial charge in [-0.3, -0.25) is 14.3 Å². The van der Waals surface area contributed by atoms with Crippen molar-refractivity contribution in [3.8, 4) is 0 Å². The van der Waals surface area contributed by atoms with Crippen LogP contribution in [0.25, 0.3) is 0 Å². The van der Waals surface area contributed by atoms with Crippen LogP contribution in [-0.2, 0) is 11.3 Å². The van der Waals surface area contributed by atoms with Crippen LogP contribution >= 0.6 is 11.6 Å². The molecule has 2 aromatic rings. The Morgan fingerprint density at radius 2 is 2.20 bits per heavy atom. The van der Waals surface area contributed by atoms with Crippen molar-refractivity contribution in [3.05, 3.63) is 47.2 Å². The van der Waals surface area contributed by atoms with E-state index >= 15 is 0 Å². The number of hydrogen-bond acceptors (Lipinski definition) is 3. The second-order valence-corrected chi connectivity index (χ2v) is 4.50. The Kier molecular flexibility index (Phi) is 4.37. The zero-order chi connectivity index (χ0) is 14.5. The van der Waals surface area contributed by atoms with Crippen LogP contribution in [-0.4, -0.2) is 28.6 Å². The zero-order valence-electron chi connectivity index (χ0n) is 10.8. The molecule has 1 heterocycles. The van der Waals surface area contributed by atoms with Gasteiger partial charge in [-0.25, -0.2) is 0 Å². The van der Waals surface area contributed by atoms with Gasteiger partial charge in [-0.05, 0) is 18.2 Å². The van der Waals surface area contributed by atoms with Gasteiger partial charge in [-0.15, -0.1) is 0 Å². The maximum absolute atomic E-state index is 11.8. The Labute approximate surface area is 120 Å². The van der Waals surface area contributed by atoms with Gasteiger partial charge >= 0.3 is 0 Å². The predicted molar refractivity (Wildman–Crippen MR) is 75.7 cm³/mol. The fraction of sp³-hybridized carbons (Fsp3) is 0.154. The van der Waals surface area contributed by atoms with Gasteiger partial charge in [0.05, 0.1) is 11.2 Å². The van der Waals surface area contributed by atoms with Crippen molar-refractivity contribution in [2.24, 2.45) is 0 Å². The molecule has 0 saturated carbocycles. The number of nitrogens with one attached hydrogen (secondary N) is 2. The largest absolute Gasteiger partial charge is 0.355 e. The van der Waals surface area contributed by atoms with Crippen molar-refractivity contribution < 1.29 is 9.59 Å². The molecule has 0 aliphatic carbocycles. The molecular formula is C13H13ClN4O2. The van der Waals surface area contributed by atoms with Gasteiger partial charge in [0, 0.05) is 24.5 Å². The zero-order valence-corrected chi connectivity index (χ0v) is 11.5. The Morgan fingerprint density at radius 1 is 1.40 bits per heavy atom. The lowest BCUT2D eigenvalue weighted by Gasteiger charge is -2.07. The average molecular weight is 293 g/mol. The summed E-state index contributed by atoms with van der Waals surface area (Å²) in [7, 11) is 1.55. The molecule has 0 aliphatic rings. The number of hydrogen-bond donors (Lipinski definition) is 2. The third-order valence-electron chi connectivity index (χ3n) is 2.54. The lowest BCUT2D eigenvalue weighted by Crippen LogP contribution is -2.20. The summed E-state index contributed by atoms with van der Waals surface area (Å²) in [6.07, 6.45) is 3.02. The van der Waals surface area contributed by atoms with Crippen LogP contribution in [0.5, 0.6) is 0 Å². The van der Waals surface area contributed by atoms with Crippen LogP contribution in [0, 0.1) is 0 Å². The maximum Gasteiger partial charge on any atom is 0.251 e. The maximum atomic E-state index is 11.8. The standard InChI is InChI=1S/C13H13ClN4O2/c1-15-13(20)9-3-2-4-11(5-9)17-12(19)8-18-7-10(14)6-16-18/h2-7H,8H2,1H3,(H,15,20)(H,17,19). The fourth-order valence-electron chi connectivity index (χ4n) is 1.65. The van der Waals surface area contributed by atoms with E-state index in [9.17, 15) is 9.59 Å². The van der Waals surface area contributed by atoms with Crippen molar-refractivity contribution in [3.63, 3.8) is 0 Å². The van der Waals surface area contributed by atoms with Crippen LogP contribution in [0.4, 0.5) is 5.69 Å². The van der Waals surface area contributed by atoms with E-state index in [0.717, 1.165) is 0 Å². The van der Waals surface area contributed by atoms with Crippen LogP contribution in [0.1, 0.15) is 10.4 Å². The molecule has 0 spiro atoms. The third-order valence-corrected chi connectivity index (χ3v) is 2.74. The summed E-state index contributed by atoms with van der Waals surface area (Å²) >= 11 is 5.72. The third kappa shape index (κ3) is 3.58. The van der Waals surface area contributed by atoms with E-state index < -0.39 is 0 Å². The number of nitrogens with zero attached hydrogens (tertiary/aromatic N) is 2. The second-order valence-electron chi connectivity index (χ2n) is 4.06. The van der Waals surface area contributed by atoms with Crippen molar-refractivity contribution in [2.45, 2.75) is 6.54 Å². The second kappa shape index (κ2) is 6.21. The van der Waals surface area contributed by atoms with Crippen LogP contribution < -0.4 is 10.6 Å². The Morgan fingerprint density at radius 3 is 2.85 bits per heavy atom. The fourth-order valence-corrected chi connectivity index (χ4v) is 1.81. The number of rotatable bonds is 4. The summed E-state index contributed by atoms with van der Waals surface area (Å²) in [4.78, 5) is 23.3. The molecule has 104 valence electrons. The first-order valence-corrected chi connectivity index (χ1v) is 6.26. The van der Waals surface area contributed by atoms with Gasteiger partial charge in [0.15, 0.2) is 0 Å². The van der Waals surface area contributed by atoms with Crippen LogP contribution in [0.2, 0.25) is 5.02 Å². The lowest BCUT2D eigenvalue weighted by atomic mass is 10.2. The number of benzene rings is 1. The normalized spacial score (nSPS) is 10.1. The predicted octanol–water partition coefficient (Wildman–Crippen LogP) is 1.53. The van der Waals surface area contributed by atoms with Crippen molar-refractivity contribution >= 4 is 29.1 Å². The summed E-state index contributed by atoms with van der Waals surface area (Å²) in [5, 5.41) is 9.61. The highest BCUT2D eigenvalue weighted by molar-refractivity contribution is 6.30. The molecule has 1 aromatic carbocycles. The van der Waals surface area contributed by atoms with Crippen LogP contribution in [0.15, 0.2) is 36.7 Å². The van der Waals surface area contributed by atoms with E-state index in [1.54, 1.807) is 37.5 Å². The Hall–Kier alpha value is -2.34. The number of aromatic nitrogens is 2. The smallest absolute Gasteiger partial charge is 0.251 e. The molecule has 0 atom stereocenters. The van der Waals surface area contributed by atoms with Crippen LogP contribution in [0.3, 0.4) is 0 Å². The molecule has 7 heteroatoms. The number of anilines is 1. The lowest BCUT2D eigenvalue weighted by molar-refractivity contribution is -0.116. The molecule has 2 N–H and O–H groups in total. The van der Waals surface area contributed by atoms with Gasteiger partial charge in [0.25, 0.3) is 5.91 Å². The molecule has 0 unspecified atom stereocenters. The summed E-state index contributed by atoms with van der Waals surface area (Å²) in [5.41, 5.74) is 1.03. The highest BCUT2D eigenvalue weighted by Crippen LogP contribution is 2.11. The molecule has 2 amide bonds. The van der Waals surface area contributed by atoms with Crippen molar-refractivity contribution in [2.75, 3.05) is 12.4 Å². The minimum absolute atomic E-state index is 0.0525. The molecule has 0 radical (unpaired) electrons. The molecule has 0 bridgehead atoms. The molecular weight excluding hydrogens is 280 g/mol. The first kappa shape index (κ1) is 14.1. The van der Waals surface area contributed by atoms with Gasteiger partial charge in [0.1, 0.15) is 6.54 Å². The number of halogens is 1. The van der Waals surface area contributed by atoms with Crippen molar-refractivity contribution in [1.29, 1.82) is 0 Å². The van der Waals surface area contributed by atoms with Crippen molar-refractivity contribution in [1.82, 2.24) is 15.1 Å². The Balaban J connectivity index is 2.02. The molecule has 1 aromatic heterocycles. The Bertz CT molecular complexity index is 639. The van der Waals surface area contributed by atoms with E-state index in [1.165, 1.54) is 10.9 Å². The minimum atomic E-state index is -0.251. The summed E-state index contributed by atoms with van der Waals surface area (Å²) in [5.74, 6) is -0.459. The molecule has 0 saturated heterocycles. The highest BCUT2D eigenvalue weighted by atomic mass is 35.5. The van der Waals surface area contributed by atoms with E-state index in [0.29, 0.717) is 16.3 Å². The molecule has 20 heavy (non-hydrogen) atoms. The van der Waals surface area contributed by atoms with E-state index in [1.807, 2.05) is 0 Å². The topological polar surface area (TPSA) is 76.0 Å². The first-order chi connectivity index (χ1) is 9.58. The SMILES string of the molecule is CNC(=O)c1cccc(NC(=O)Cn2cc(Cl)cn2)c1. The monoisotopic (exact) mass is 292 g/mol.